The molecule has 88 valence electrons. The van der Waals surface area contributed by atoms with Gasteiger partial charge in [0, 0.05) is 18.0 Å². The fourth-order valence-electron chi connectivity index (χ4n) is 2.70. The van der Waals surface area contributed by atoms with Crippen molar-refractivity contribution in [3.63, 3.8) is 0 Å². The van der Waals surface area contributed by atoms with Gasteiger partial charge in [0.25, 0.3) is 0 Å². The van der Waals surface area contributed by atoms with E-state index in [9.17, 15) is 4.79 Å². The first kappa shape index (κ1) is 12.5. The summed E-state index contributed by atoms with van der Waals surface area (Å²) in [5.74, 6) is 0.419. The highest BCUT2D eigenvalue weighted by molar-refractivity contribution is 5.69. The third-order valence-corrected chi connectivity index (χ3v) is 2.88. The predicted molar refractivity (Wildman–Crippen MR) is 60.7 cm³/mol. The zero-order chi connectivity index (χ0) is 11.5. The molecule has 1 aliphatic heterocycles. The van der Waals surface area contributed by atoms with E-state index in [1.807, 2.05) is 6.92 Å². The van der Waals surface area contributed by atoms with Crippen LogP contribution < -0.4 is 5.32 Å². The zero-order valence-corrected chi connectivity index (χ0v) is 10.3. The molecule has 0 aromatic rings. The van der Waals surface area contributed by atoms with Gasteiger partial charge in [-0.15, -0.1) is 0 Å². The fourth-order valence-corrected chi connectivity index (χ4v) is 2.70. The van der Waals surface area contributed by atoms with E-state index in [1.54, 1.807) is 0 Å². The van der Waals surface area contributed by atoms with Crippen molar-refractivity contribution < 1.29 is 9.53 Å². The van der Waals surface area contributed by atoms with Crippen LogP contribution in [0.5, 0.6) is 0 Å². The second-order valence-corrected chi connectivity index (χ2v) is 5.24. The lowest BCUT2D eigenvalue weighted by Gasteiger charge is -2.40. The van der Waals surface area contributed by atoms with Gasteiger partial charge in [-0.2, -0.15) is 0 Å². The SMILES string of the molecule is CCOC(=O)CC1CC(C)NC(C)(C)C1. The lowest BCUT2D eigenvalue weighted by atomic mass is 9.80. The Morgan fingerprint density at radius 3 is 2.73 bits per heavy atom. The summed E-state index contributed by atoms with van der Waals surface area (Å²) in [6.45, 7) is 8.91. The number of piperidine rings is 1. The smallest absolute Gasteiger partial charge is 0.306 e. The molecule has 2 atom stereocenters. The number of hydrogen-bond donors (Lipinski definition) is 1. The molecule has 0 aromatic carbocycles. The highest BCUT2D eigenvalue weighted by Crippen LogP contribution is 2.29. The molecule has 1 fully saturated rings. The van der Waals surface area contributed by atoms with Crippen molar-refractivity contribution in [1.82, 2.24) is 5.32 Å². The topological polar surface area (TPSA) is 38.3 Å². The Morgan fingerprint density at radius 2 is 2.20 bits per heavy atom. The van der Waals surface area contributed by atoms with E-state index >= 15 is 0 Å². The molecule has 0 spiro atoms. The Kier molecular flexibility index (Phi) is 4.14. The molecule has 0 radical (unpaired) electrons. The molecule has 0 amide bonds. The highest BCUT2D eigenvalue weighted by atomic mass is 16.5. The second kappa shape index (κ2) is 4.97. The average Bonchev–Trinajstić information content (AvgIpc) is 1.99. The zero-order valence-electron chi connectivity index (χ0n) is 10.3. The van der Waals surface area contributed by atoms with E-state index in [0.29, 0.717) is 25.0 Å². The Morgan fingerprint density at radius 1 is 1.53 bits per heavy atom. The van der Waals surface area contributed by atoms with Crippen LogP contribution in [0, 0.1) is 5.92 Å². The molecule has 0 aromatic heterocycles. The quantitative estimate of drug-likeness (QED) is 0.730. The van der Waals surface area contributed by atoms with Crippen molar-refractivity contribution in [1.29, 1.82) is 0 Å². The number of carbonyl (C=O) groups excluding carboxylic acids is 1. The van der Waals surface area contributed by atoms with Crippen LogP contribution in [-0.4, -0.2) is 24.2 Å². The highest BCUT2D eigenvalue weighted by Gasteiger charge is 2.32. The number of hydrogen-bond acceptors (Lipinski definition) is 3. The number of rotatable bonds is 3. The Labute approximate surface area is 92.6 Å². The third-order valence-electron chi connectivity index (χ3n) is 2.88. The summed E-state index contributed by atoms with van der Waals surface area (Å²) in [7, 11) is 0. The van der Waals surface area contributed by atoms with Gasteiger partial charge < -0.3 is 10.1 Å². The van der Waals surface area contributed by atoms with Gasteiger partial charge in [0.2, 0.25) is 0 Å². The molecule has 3 heteroatoms. The van der Waals surface area contributed by atoms with Gasteiger partial charge in [0.05, 0.1) is 6.61 Å². The molecule has 0 aliphatic carbocycles. The first-order valence-electron chi connectivity index (χ1n) is 5.86. The maximum Gasteiger partial charge on any atom is 0.306 e. The fraction of sp³-hybridized carbons (Fsp3) is 0.917. The van der Waals surface area contributed by atoms with Crippen molar-refractivity contribution in [3.05, 3.63) is 0 Å². The van der Waals surface area contributed by atoms with Gasteiger partial charge in [-0.05, 0) is 46.5 Å². The molecule has 3 nitrogen and oxygen atoms in total. The average molecular weight is 213 g/mol. The van der Waals surface area contributed by atoms with Crippen molar-refractivity contribution >= 4 is 5.97 Å². The molecule has 0 saturated carbocycles. The summed E-state index contributed by atoms with van der Waals surface area (Å²) < 4.78 is 4.99. The van der Waals surface area contributed by atoms with Crippen LogP contribution in [0.25, 0.3) is 0 Å². The lowest BCUT2D eigenvalue weighted by Crippen LogP contribution is -2.51. The summed E-state index contributed by atoms with van der Waals surface area (Å²) >= 11 is 0. The number of esters is 1. The van der Waals surface area contributed by atoms with E-state index in [4.69, 9.17) is 4.74 Å². The Bertz CT molecular complexity index is 226. The largest absolute Gasteiger partial charge is 0.466 e. The number of ether oxygens (including phenoxy) is 1. The number of carbonyl (C=O) groups is 1. The minimum absolute atomic E-state index is 0.0487. The molecule has 15 heavy (non-hydrogen) atoms. The monoisotopic (exact) mass is 213 g/mol. The maximum absolute atomic E-state index is 11.4. The summed E-state index contributed by atoms with van der Waals surface area (Å²) in [5, 5.41) is 3.54. The molecule has 1 saturated heterocycles. The van der Waals surface area contributed by atoms with Crippen molar-refractivity contribution in [2.75, 3.05) is 6.61 Å². The summed E-state index contributed by atoms with van der Waals surface area (Å²) in [6, 6.07) is 0.494. The summed E-state index contributed by atoms with van der Waals surface area (Å²) in [6.07, 6.45) is 2.70. The van der Waals surface area contributed by atoms with Crippen LogP contribution in [0.4, 0.5) is 0 Å². The summed E-state index contributed by atoms with van der Waals surface area (Å²) in [4.78, 5) is 11.4. The van der Waals surface area contributed by atoms with E-state index in [2.05, 4.69) is 26.1 Å². The second-order valence-electron chi connectivity index (χ2n) is 5.24. The van der Waals surface area contributed by atoms with Gasteiger partial charge in [-0.3, -0.25) is 4.79 Å². The third kappa shape index (κ3) is 4.20. The first-order chi connectivity index (χ1) is 6.93. The normalized spacial score (nSPS) is 29.9. The van der Waals surface area contributed by atoms with Crippen LogP contribution in [0.3, 0.4) is 0 Å². The van der Waals surface area contributed by atoms with Gasteiger partial charge in [0.1, 0.15) is 0 Å². The van der Waals surface area contributed by atoms with Crippen LogP contribution in [-0.2, 0) is 9.53 Å². The lowest BCUT2D eigenvalue weighted by molar-refractivity contribution is -0.144. The van der Waals surface area contributed by atoms with Gasteiger partial charge in [-0.1, -0.05) is 0 Å². The Hall–Kier alpha value is -0.570. The molecular formula is C12H23NO2. The molecule has 1 heterocycles. The van der Waals surface area contributed by atoms with Crippen LogP contribution in [0.2, 0.25) is 0 Å². The molecule has 0 bridgehead atoms. The Balaban J connectivity index is 2.45. The van der Waals surface area contributed by atoms with Crippen molar-refractivity contribution in [3.8, 4) is 0 Å². The van der Waals surface area contributed by atoms with Crippen molar-refractivity contribution in [2.45, 2.75) is 58.5 Å². The first-order valence-corrected chi connectivity index (χ1v) is 5.86. The van der Waals surface area contributed by atoms with Gasteiger partial charge in [0.15, 0.2) is 0 Å². The molecule has 2 unspecified atom stereocenters. The van der Waals surface area contributed by atoms with Crippen LogP contribution in [0.1, 0.15) is 47.0 Å². The van der Waals surface area contributed by atoms with Gasteiger partial charge >= 0.3 is 5.97 Å². The standard InChI is InChI=1S/C12H23NO2/c1-5-15-11(14)7-10-6-9(2)13-12(3,4)8-10/h9-10,13H,5-8H2,1-4H3. The van der Waals surface area contributed by atoms with E-state index < -0.39 is 0 Å². The molecule has 1 rings (SSSR count). The molecule has 1 N–H and O–H groups in total. The predicted octanol–water partition coefficient (Wildman–Crippen LogP) is 2.11. The van der Waals surface area contributed by atoms with E-state index in [-0.39, 0.29) is 11.5 Å². The maximum atomic E-state index is 11.4. The van der Waals surface area contributed by atoms with E-state index in [0.717, 1.165) is 12.8 Å². The minimum atomic E-state index is -0.0487. The van der Waals surface area contributed by atoms with Gasteiger partial charge in [-0.25, -0.2) is 0 Å². The van der Waals surface area contributed by atoms with Crippen LogP contribution in [0.15, 0.2) is 0 Å². The summed E-state index contributed by atoms with van der Waals surface area (Å²) in [5.41, 5.74) is 0.148. The minimum Gasteiger partial charge on any atom is -0.466 e. The van der Waals surface area contributed by atoms with E-state index in [1.165, 1.54) is 0 Å². The molecule has 1 aliphatic rings. The number of nitrogens with one attached hydrogen (secondary N) is 1. The van der Waals surface area contributed by atoms with Crippen LogP contribution >= 0.6 is 0 Å². The molecular weight excluding hydrogens is 190 g/mol. The van der Waals surface area contributed by atoms with Crippen molar-refractivity contribution in [2.24, 2.45) is 5.92 Å².